The van der Waals surface area contributed by atoms with E-state index in [0.717, 1.165) is 0 Å². The van der Waals surface area contributed by atoms with E-state index in [-0.39, 0.29) is 12.3 Å². The van der Waals surface area contributed by atoms with E-state index < -0.39 is 29.0 Å². The van der Waals surface area contributed by atoms with E-state index in [0.29, 0.717) is 17.7 Å². The molecule has 0 heterocycles. The lowest BCUT2D eigenvalue weighted by atomic mass is 9.75. The van der Waals surface area contributed by atoms with E-state index in [4.69, 9.17) is 0 Å². The van der Waals surface area contributed by atoms with Crippen molar-refractivity contribution in [3.05, 3.63) is 30.3 Å². The molecule has 1 aliphatic carbocycles. The van der Waals surface area contributed by atoms with E-state index in [1.54, 1.807) is 37.4 Å². The van der Waals surface area contributed by atoms with Gasteiger partial charge in [-0.05, 0) is 43.2 Å². The van der Waals surface area contributed by atoms with E-state index >= 15 is 0 Å². The Balaban J connectivity index is 1.94. The first kappa shape index (κ1) is 16.2. The highest BCUT2D eigenvalue weighted by atomic mass is 32.2. The number of nitrogens with zero attached hydrogens (tertiary/aromatic N) is 1. The molecule has 1 aromatic carbocycles. The van der Waals surface area contributed by atoms with Crippen molar-refractivity contribution in [3.63, 3.8) is 0 Å². The van der Waals surface area contributed by atoms with Gasteiger partial charge in [-0.2, -0.15) is 17.6 Å². The molecule has 0 saturated heterocycles. The van der Waals surface area contributed by atoms with Crippen LogP contribution in [0.15, 0.2) is 39.6 Å². The van der Waals surface area contributed by atoms with Crippen molar-refractivity contribution in [2.75, 3.05) is 0 Å². The van der Waals surface area contributed by atoms with Crippen molar-refractivity contribution < 1.29 is 17.4 Å². The predicted octanol–water partition coefficient (Wildman–Crippen LogP) is 4.39. The number of hydrogen-bond acceptors (Lipinski definition) is 1. The number of hydrogen-bond donors (Lipinski definition) is 0. The zero-order valence-corrected chi connectivity index (χ0v) is 12.5. The van der Waals surface area contributed by atoms with Crippen molar-refractivity contribution in [3.8, 4) is 0 Å². The van der Waals surface area contributed by atoms with Crippen LogP contribution in [0.5, 0.6) is 0 Å². The summed E-state index contributed by atoms with van der Waals surface area (Å²) in [5.41, 5.74) is 0. The molecule has 1 aliphatic rings. The van der Waals surface area contributed by atoms with Crippen molar-refractivity contribution in [2.45, 2.75) is 37.3 Å². The number of benzene rings is 1. The maximum Gasteiger partial charge on any atom is 0.392 e. The lowest BCUT2D eigenvalue weighted by molar-refractivity contribution is -0.195. The first-order valence-corrected chi connectivity index (χ1v) is 8.06. The van der Waals surface area contributed by atoms with E-state index in [9.17, 15) is 17.4 Å². The third-order valence-corrected chi connectivity index (χ3v) is 4.93. The fourth-order valence-corrected chi connectivity index (χ4v) is 3.59. The molecule has 1 aromatic rings. The largest absolute Gasteiger partial charge is 0.392 e. The quantitative estimate of drug-likeness (QED) is 0.760. The number of rotatable bonds is 3. The summed E-state index contributed by atoms with van der Waals surface area (Å²) in [5, 5.41) is 0. The molecule has 1 saturated carbocycles. The van der Waals surface area contributed by atoms with Gasteiger partial charge in [0.05, 0.1) is 10.8 Å². The minimum Gasteiger partial charge on any atom is -0.230 e. The molecule has 6 heteroatoms. The minimum atomic E-state index is -4.12. The van der Waals surface area contributed by atoms with Crippen LogP contribution < -0.4 is 0 Å². The lowest BCUT2D eigenvalue weighted by Gasteiger charge is -2.33. The molecule has 0 amide bonds. The van der Waals surface area contributed by atoms with Crippen molar-refractivity contribution >= 4 is 17.2 Å². The van der Waals surface area contributed by atoms with Crippen LogP contribution in [0.25, 0.3) is 0 Å². The molecule has 1 fully saturated rings. The molecule has 2 nitrogen and oxygen atoms in total. The van der Waals surface area contributed by atoms with Gasteiger partial charge in [-0.1, -0.05) is 25.1 Å². The molecule has 0 spiro atoms. The zero-order valence-electron chi connectivity index (χ0n) is 11.7. The Bertz CT molecular complexity index is 515. The Morgan fingerprint density at radius 1 is 1.24 bits per heavy atom. The molecule has 0 bridgehead atoms. The Morgan fingerprint density at radius 2 is 1.90 bits per heavy atom. The van der Waals surface area contributed by atoms with E-state index in [1.807, 2.05) is 6.07 Å². The highest BCUT2D eigenvalue weighted by Gasteiger charge is 2.45. The highest BCUT2D eigenvalue weighted by Crippen LogP contribution is 2.42. The monoisotopic (exact) mass is 317 g/mol. The molecule has 1 unspecified atom stereocenters. The molecule has 2 rings (SSSR count). The Hall–Kier alpha value is -1.17. The summed E-state index contributed by atoms with van der Waals surface area (Å²) in [6.45, 7) is 1.63. The molecular formula is C15H18F3NOS. The molecule has 4 atom stereocenters. The summed E-state index contributed by atoms with van der Waals surface area (Å²) in [7, 11) is -1.47. The smallest absolute Gasteiger partial charge is 0.230 e. The Labute approximate surface area is 125 Å². The van der Waals surface area contributed by atoms with Crippen LogP contribution >= 0.6 is 0 Å². The standard InChI is InChI=1S/C15H18F3NOS/c1-11-9-12(7-8-14(11)15(16,17)18)10-19-21(20)13-5-3-2-4-6-13/h2-6,10-12,14H,7-9H2,1H3/b19-10+/t11-,12-,14-,21?/m0/s1. The average Bonchev–Trinajstić information content (AvgIpc) is 2.44. The normalized spacial score (nSPS) is 28.7. The van der Waals surface area contributed by atoms with Gasteiger partial charge in [0.15, 0.2) is 11.0 Å². The van der Waals surface area contributed by atoms with Gasteiger partial charge in [-0.3, -0.25) is 0 Å². The van der Waals surface area contributed by atoms with Crippen LogP contribution in [0, 0.1) is 17.8 Å². The van der Waals surface area contributed by atoms with Crippen molar-refractivity contribution in [2.24, 2.45) is 22.2 Å². The SMILES string of the molecule is C[C@H]1C[C@@H](/C=N/S(=O)c2ccccc2)CC[C@@H]1C(F)(F)F. The summed E-state index contributed by atoms with van der Waals surface area (Å²) in [4.78, 5) is 0.603. The van der Waals surface area contributed by atoms with Gasteiger partial charge in [0.25, 0.3) is 0 Å². The van der Waals surface area contributed by atoms with Gasteiger partial charge in [-0.25, -0.2) is 4.21 Å². The lowest BCUT2D eigenvalue weighted by Crippen LogP contribution is -2.34. The second-order valence-corrected chi connectivity index (χ2v) is 6.70. The van der Waals surface area contributed by atoms with Crippen LogP contribution in [-0.4, -0.2) is 16.6 Å². The van der Waals surface area contributed by atoms with Gasteiger partial charge < -0.3 is 0 Å². The second-order valence-electron chi connectivity index (χ2n) is 5.52. The van der Waals surface area contributed by atoms with Crippen LogP contribution in [0.2, 0.25) is 0 Å². The first-order chi connectivity index (χ1) is 9.88. The summed E-state index contributed by atoms with van der Waals surface area (Å²) in [6, 6.07) is 8.82. The minimum absolute atomic E-state index is 0.0220. The van der Waals surface area contributed by atoms with E-state index in [1.165, 1.54) is 0 Å². The fourth-order valence-electron chi connectivity index (χ4n) is 2.80. The molecule has 21 heavy (non-hydrogen) atoms. The first-order valence-electron chi connectivity index (χ1n) is 6.95. The molecule has 0 aliphatic heterocycles. The maximum atomic E-state index is 12.8. The fraction of sp³-hybridized carbons (Fsp3) is 0.533. The van der Waals surface area contributed by atoms with E-state index in [2.05, 4.69) is 4.40 Å². The van der Waals surface area contributed by atoms with Crippen LogP contribution in [-0.2, 0) is 11.0 Å². The summed E-state index contributed by atoms with van der Waals surface area (Å²) < 4.78 is 54.2. The highest BCUT2D eigenvalue weighted by molar-refractivity contribution is 7.83. The van der Waals surface area contributed by atoms with Gasteiger partial charge >= 0.3 is 6.18 Å². The Morgan fingerprint density at radius 3 is 2.48 bits per heavy atom. The van der Waals surface area contributed by atoms with Crippen LogP contribution in [0.3, 0.4) is 0 Å². The van der Waals surface area contributed by atoms with Gasteiger partial charge in [0, 0.05) is 6.21 Å². The van der Waals surface area contributed by atoms with Gasteiger partial charge in [0.1, 0.15) is 0 Å². The third kappa shape index (κ3) is 4.40. The van der Waals surface area contributed by atoms with Crippen LogP contribution in [0.1, 0.15) is 26.2 Å². The Kier molecular flexibility index (Phi) is 5.19. The third-order valence-electron chi connectivity index (χ3n) is 3.94. The van der Waals surface area contributed by atoms with Gasteiger partial charge in [-0.15, -0.1) is 0 Å². The number of halogens is 3. The molecule has 0 N–H and O–H groups in total. The molecular weight excluding hydrogens is 299 g/mol. The molecule has 0 aromatic heterocycles. The topological polar surface area (TPSA) is 29.4 Å². The average molecular weight is 317 g/mol. The number of alkyl halides is 3. The summed E-state index contributed by atoms with van der Waals surface area (Å²) in [6.07, 6.45) is -1.52. The summed E-state index contributed by atoms with van der Waals surface area (Å²) >= 11 is 0. The predicted molar refractivity (Wildman–Crippen MR) is 77.4 cm³/mol. The zero-order chi connectivity index (χ0) is 15.5. The summed E-state index contributed by atoms with van der Waals surface area (Å²) in [5.74, 6) is -1.66. The van der Waals surface area contributed by atoms with Crippen molar-refractivity contribution in [1.82, 2.24) is 0 Å². The maximum absolute atomic E-state index is 12.8. The second kappa shape index (κ2) is 6.73. The van der Waals surface area contributed by atoms with Gasteiger partial charge in [0.2, 0.25) is 0 Å². The molecule has 0 radical (unpaired) electrons. The van der Waals surface area contributed by atoms with Crippen LogP contribution in [0.4, 0.5) is 13.2 Å². The van der Waals surface area contributed by atoms with Crippen molar-refractivity contribution in [1.29, 1.82) is 0 Å². The molecule has 116 valence electrons.